The van der Waals surface area contributed by atoms with Gasteiger partial charge in [-0.25, -0.2) is 8.78 Å². The van der Waals surface area contributed by atoms with Gasteiger partial charge in [-0.05, 0) is 0 Å². The molecule has 0 N–H and O–H groups in total. The molecule has 0 aromatic carbocycles. The third kappa shape index (κ3) is 1.78. The lowest BCUT2D eigenvalue weighted by Crippen LogP contribution is -2.53. The molecule has 0 unspecified atom stereocenters. The van der Waals surface area contributed by atoms with E-state index in [1.165, 1.54) is 0 Å². The van der Waals surface area contributed by atoms with E-state index in [4.69, 9.17) is 0 Å². The Hall–Kier alpha value is -1.22. The van der Waals surface area contributed by atoms with Crippen LogP contribution in [-0.2, 0) is 0 Å². The summed E-state index contributed by atoms with van der Waals surface area (Å²) in [4.78, 5) is 0. The highest BCUT2D eigenvalue weighted by Crippen LogP contribution is 2.61. The van der Waals surface area contributed by atoms with E-state index in [-0.39, 0.29) is 0 Å². The molecule has 0 heterocycles. The number of halogens is 10. The first-order chi connectivity index (χ1) is 7.35. The molecule has 98 valence electrons. The molecule has 0 nitrogen and oxygen atoms in total. The van der Waals surface area contributed by atoms with Crippen molar-refractivity contribution in [2.75, 3.05) is 0 Å². The molecule has 0 bridgehead atoms. The van der Waals surface area contributed by atoms with Gasteiger partial charge in [0.2, 0.25) is 0 Å². The predicted molar refractivity (Wildman–Crippen MR) is 33.3 cm³/mol. The Morgan fingerprint density at radius 1 is 0.765 bits per heavy atom. The highest BCUT2D eigenvalue weighted by atomic mass is 19.4. The lowest BCUT2D eigenvalue weighted by molar-refractivity contribution is -0.324. The Labute approximate surface area is 86.2 Å². The highest BCUT2D eigenvalue weighted by molar-refractivity contribution is 5.68. The summed E-state index contributed by atoms with van der Waals surface area (Å²) >= 11 is 0. The van der Waals surface area contributed by atoms with Crippen molar-refractivity contribution in [2.24, 2.45) is 0 Å². The van der Waals surface area contributed by atoms with Gasteiger partial charge in [-0.15, -0.1) is 0 Å². The molecule has 1 aliphatic carbocycles. The van der Waals surface area contributed by atoms with Crippen LogP contribution in [0.15, 0.2) is 23.1 Å². The van der Waals surface area contributed by atoms with Crippen LogP contribution in [0.3, 0.4) is 0 Å². The molecule has 0 aromatic rings. The third-order valence-electron chi connectivity index (χ3n) is 1.94. The highest BCUT2D eigenvalue weighted by Gasteiger charge is 2.79. The first kappa shape index (κ1) is 13.8. The Bertz CT molecular complexity index is 387. The fraction of sp³-hybridized carbons (Fsp3) is 0.429. The molecular weight excluding hydrogens is 274 g/mol. The summed E-state index contributed by atoms with van der Waals surface area (Å²) in [6.45, 7) is 0. The molecule has 0 saturated heterocycles. The molecule has 10 heteroatoms. The van der Waals surface area contributed by atoms with Crippen LogP contribution in [0.25, 0.3) is 0 Å². The molecule has 0 saturated carbocycles. The second kappa shape index (κ2) is 3.39. The van der Waals surface area contributed by atoms with E-state index < -0.39 is 41.1 Å². The molecule has 0 atom stereocenters. The van der Waals surface area contributed by atoms with E-state index in [0.29, 0.717) is 0 Å². The van der Waals surface area contributed by atoms with Gasteiger partial charge in [-0.1, -0.05) is 0 Å². The van der Waals surface area contributed by atoms with Gasteiger partial charge in [0, 0.05) is 0 Å². The summed E-state index contributed by atoms with van der Waals surface area (Å²) in [6.07, 6.45) is -16.3. The molecule has 0 aromatic heterocycles. The summed E-state index contributed by atoms with van der Waals surface area (Å²) in [5.41, 5.74) is -11.1. The zero-order valence-electron chi connectivity index (χ0n) is 7.28. The second-order valence-electron chi connectivity index (χ2n) is 2.98. The SMILES string of the molecule is FC(F)=C1C(F)=C1C(F)(C(F)(F)F)C(F)(F)F. The van der Waals surface area contributed by atoms with Crippen molar-refractivity contribution in [3.05, 3.63) is 23.1 Å². The van der Waals surface area contributed by atoms with Crippen molar-refractivity contribution in [2.45, 2.75) is 18.0 Å². The summed E-state index contributed by atoms with van der Waals surface area (Å²) in [5, 5.41) is 0. The zero-order valence-corrected chi connectivity index (χ0v) is 7.28. The smallest absolute Gasteiger partial charge is 0.218 e. The molecule has 0 fully saturated rings. The van der Waals surface area contributed by atoms with Crippen LogP contribution in [0, 0.1) is 0 Å². The monoisotopic (exact) mass is 274 g/mol. The van der Waals surface area contributed by atoms with Crippen LogP contribution in [0.4, 0.5) is 43.9 Å². The molecule has 17 heavy (non-hydrogen) atoms. The number of rotatable bonds is 1. The molecule has 0 amide bonds. The van der Waals surface area contributed by atoms with Crippen molar-refractivity contribution in [1.29, 1.82) is 0 Å². The molecule has 1 aliphatic rings. The predicted octanol–water partition coefficient (Wildman–Crippen LogP) is 4.21. The minimum absolute atomic E-state index is 2.26. The van der Waals surface area contributed by atoms with Crippen LogP contribution in [0.2, 0.25) is 0 Å². The van der Waals surface area contributed by atoms with Gasteiger partial charge in [-0.3, -0.25) is 0 Å². The number of alkyl halides is 7. The lowest BCUT2D eigenvalue weighted by atomic mass is 10.0. The van der Waals surface area contributed by atoms with Crippen molar-refractivity contribution < 1.29 is 43.9 Å². The van der Waals surface area contributed by atoms with E-state index in [1.807, 2.05) is 0 Å². The molecule has 1 rings (SSSR count). The minimum atomic E-state index is -6.59. The van der Waals surface area contributed by atoms with Gasteiger partial charge in [0.1, 0.15) is 5.83 Å². The average molecular weight is 274 g/mol. The fourth-order valence-electron chi connectivity index (χ4n) is 1.11. The number of allylic oxidation sites excluding steroid dienone is 3. The zero-order chi connectivity index (χ0) is 13.8. The molecule has 0 aliphatic heterocycles. The Balaban J connectivity index is 3.38. The standard InChI is InChI=1S/C7F10/c8-3-1(4(9)10)2(3)5(11,6(12,13)14)7(15,16)17. The third-order valence-corrected chi connectivity index (χ3v) is 1.94. The summed E-state index contributed by atoms with van der Waals surface area (Å²) in [7, 11) is 0. The number of hydrogen-bond donors (Lipinski definition) is 0. The van der Waals surface area contributed by atoms with Gasteiger partial charge >= 0.3 is 18.0 Å². The van der Waals surface area contributed by atoms with Crippen LogP contribution in [0.1, 0.15) is 0 Å². The summed E-state index contributed by atoms with van der Waals surface area (Å²) in [6, 6.07) is 0. The average Bonchev–Trinajstić information content (AvgIpc) is 2.71. The van der Waals surface area contributed by atoms with Gasteiger partial charge in [0.05, 0.1) is 11.1 Å². The number of hydrogen-bond acceptors (Lipinski definition) is 0. The van der Waals surface area contributed by atoms with Gasteiger partial charge in [0.25, 0.3) is 6.08 Å². The largest absolute Gasteiger partial charge is 0.436 e. The van der Waals surface area contributed by atoms with Gasteiger partial charge in [-0.2, -0.15) is 35.1 Å². The van der Waals surface area contributed by atoms with Crippen molar-refractivity contribution in [3.8, 4) is 0 Å². The van der Waals surface area contributed by atoms with E-state index in [0.717, 1.165) is 0 Å². The Morgan fingerprint density at radius 3 is 1.29 bits per heavy atom. The molecule has 0 spiro atoms. The Kier molecular flexibility index (Phi) is 2.76. The second-order valence-corrected chi connectivity index (χ2v) is 2.98. The van der Waals surface area contributed by atoms with Crippen LogP contribution < -0.4 is 0 Å². The normalized spacial score (nSPS) is 17.6. The summed E-state index contributed by atoms with van der Waals surface area (Å²) in [5.74, 6) is -2.53. The Morgan fingerprint density at radius 2 is 1.12 bits per heavy atom. The van der Waals surface area contributed by atoms with Crippen LogP contribution in [0.5, 0.6) is 0 Å². The van der Waals surface area contributed by atoms with Crippen molar-refractivity contribution in [3.63, 3.8) is 0 Å². The maximum absolute atomic E-state index is 12.9. The maximum Gasteiger partial charge on any atom is 0.436 e. The van der Waals surface area contributed by atoms with Gasteiger partial charge < -0.3 is 0 Å². The van der Waals surface area contributed by atoms with Crippen LogP contribution >= 0.6 is 0 Å². The topological polar surface area (TPSA) is 0 Å². The lowest BCUT2D eigenvalue weighted by Gasteiger charge is -2.27. The quantitative estimate of drug-likeness (QED) is 0.628. The van der Waals surface area contributed by atoms with E-state index in [2.05, 4.69) is 0 Å². The minimum Gasteiger partial charge on any atom is -0.218 e. The van der Waals surface area contributed by atoms with Gasteiger partial charge in [0.15, 0.2) is 0 Å². The first-order valence-electron chi connectivity index (χ1n) is 3.64. The fourth-order valence-corrected chi connectivity index (χ4v) is 1.11. The van der Waals surface area contributed by atoms with Crippen molar-refractivity contribution in [1.82, 2.24) is 0 Å². The van der Waals surface area contributed by atoms with E-state index >= 15 is 0 Å². The van der Waals surface area contributed by atoms with E-state index in [1.54, 1.807) is 0 Å². The molecular formula is C7F10. The van der Waals surface area contributed by atoms with E-state index in [9.17, 15) is 43.9 Å². The first-order valence-corrected chi connectivity index (χ1v) is 3.64. The maximum atomic E-state index is 12.9. The van der Waals surface area contributed by atoms with Crippen molar-refractivity contribution >= 4 is 0 Å². The molecule has 0 radical (unpaired) electrons. The summed E-state index contributed by atoms with van der Waals surface area (Å²) < 4.78 is 120. The van der Waals surface area contributed by atoms with Crippen LogP contribution in [-0.4, -0.2) is 18.0 Å².